The van der Waals surface area contributed by atoms with Gasteiger partial charge in [-0.1, -0.05) is 30.3 Å². The molecule has 6 heteroatoms. The number of carbonyl (C=O) groups excluding carboxylic acids is 2. The van der Waals surface area contributed by atoms with Crippen LogP contribution in [-0.4, -0.2) is 42.2 Å². The van der Waals surface area contributed by atoms with Crippen molar-refractivity contribution in [3.05, 3.63) is 65.7 Å². The largest absolute Gasteiger partial charge is 0.444 e. The Balaban J connectivity index is 1.56. The molecule has 142 valence electrons. The van der Waals surface area contributed by atoms with Crippen LogP contribution in [0.3, 0.4) is 0 Å². The smallest absolute Gasteiger partial charge is 0.411 e. The minimum absolute atomic E-state index is 0.0403. The summed E-state index contributed by atoms with van der Waals surface area (Å²) < 4.78 is 10.7. The number of ether oxygens (including phenoxy) is 2. The van der Waals surface area contributed by atoms with E-state index >= 15 is 0 Å². The molecule has 6 nitrogen and oxygen atoms in total. The fourth-order valence-corrected chi connectivity index (χ4v) is 2.96. The highest BCUT2D eigenvalue weighted by molar-refractivity contribution is 5.95. The summed E-state index contributed by atoms with van der Waals surface area (Å²) in [5.74, 6) is -0.0403. The summed E-state index contributed by atoms with van der Waals surface area (Å²) in [5.41, 5.74) is 1.73. The second-order valence-corrected chi connectivity index (χ2v) is 7.09. The van der Waals surface area contributed by atoms with Crippen LogP contribution < -0.4 is 5.32 Å². The molecule has 0 saturated carbocycles. The number of benzene rings is 2. The highest BCUT2D eigenvalue weighted by atomic mass is 16.5. The Morgan fingerprint density at radius 2 is 1.81 bits per heavy atom. The molecule has 1 fully saturated rings. The van der Waals surface area contributed by atoms with E-state index in [1.165, 1.54) is 0 Å². The van der Waals surface area contributed by atoms with Gasteiger partial charge in [0.25, 0.3) is 5.91 Å². The number of nitrogens with zero attached hydrogens (tertiary/aromatic N) is 1. The SMILES string of the molecule is CC1(C)COCCN1C(=O)c1ccc(NC(=O)OCc2ccccc2)cc1. The van der Waals surface area contributed by atoms with Gasteiger partial charge in [0.15, 0.2) is 0 Å². The first-order chi connectivity index (χ1) is 13.0. The summed E-state index contributed by atoms with van der Waals surface area (Å²) in [6.45, 7) is 5.81. The van der Waals surface area contributed by atoms with Crippen molar-refractivity contribution >= 4 is 17.7 Å². The molecule has 0 aliphatic carbocycles. The normalized spacial score (nSPS) is 15.9. The van der Waals surface area contributed by atoms with E-state index in [-0.39, 0.29) is 18.1 Å². The molecule has 0 spiro atoms. The van der Waals surface area contributed by atoms with E-state index in [2.05, 4.69) is 5.32 Å². The monoisotopic (exact) mass is 368 g/mol. The van der Waals surface area contributed by atoms with Crippen molar-refractivity contribution < 1.29 is 19.1 Å². The third kappa shape index (κ3) is 4.86. The van der Waals surface area contributed by atoms with E-state index in [0.29, 0.717) is 31.0 Å². The Kier molecular flexibility index (Phi) is 5.76. The van der Waals surface area contributed by atoms with Crippen LogP contribution in [0.4, 0.5) is 10.5 Å². The molecule has 1 N–H and O–H groups in total. The van der Waals surface area contributed by atoms with Crippen molar-refractivity contribution in [2.24, 2.45) is 0 Å². The van der Waals surface area contributed by atoms with Crippen molar-refractivity contribution in [2.75, 3.05) is 25.1 Å². The van der Waals surface area contributed by atoms with Gasteiger partial charge in [0.05, 0.1) is 18.8 Å². The fraction of sp³-hybridized carbons (Fsp3) is 0.333. The Morgan fingerprint density at radius 1 is 1.11 bits per heavy atom. The minimum atomic E-state index is -0.535. The molecule has 0 radical (unpaired) electrons. The third-order valence-corrected chi connectivity index (χ3v) is 4.48. The van der Waals surface area contributed by atoms with Gasteiger partial charge in [0.2, 0.25) is 0 Å². The molecule has 27 heavy (non-hydrogen) atoms. The Labute approximate surface area is 159 Å². The zero-order valence-electron chi connectivity index (χ0n) is 15.6. The van der Waals surface area contributed by atoms with Crippen LogP contribution in [0.15, 0.2) is 54.6 Å². The molecular weight excluding hydrogens is 344 g/mol. The van der Waals surface area contributed by atoms with Gasteiger partial charge in [-0.05, 0) is 43.7 Å². The second-order valence-electron chi connectivity index (χ2n) is 7.09. The molecule has 0 unspecified atom stereocenters. The Morgan fingerprint density at radius 3 is 2.48 bits per heavy atom. The highest BCUT2D eigenvalue weighted by Gasteiger charge is 2.34. The molecule has 2 aromatic rings. The minimum Gasteiger partial charge on any atom is -0.444 e. The molecule has 1 aliphatic rings. The van der Waals surface area contributed by atoms with Crippen LogP contribution >= 0.6 is 0 Å². The van der Waals surface area contributed by atoms with Gasteiger partial charge in [0, 0.05) is 17.8 Å². The first kappa shape index (κ1) is 18.9. The zero-order valence-corrected chi connectivity index (χ0v) is 15.6. The lowest BCUT2D eigenvalue weighted by Crippen LogP contribution is -2.55. The average Bonchev–Trinajstić information content (AvgIpc) is 2.67. The zero-order chi connectivity index (χ0) is 19.3. The van der Waals surface area contributed by atoms with Crippen LogP contribution in [0, 0.1) is 0 Å². The van der Waals surface area contributed by atoms with Crippen molar-refractivity contribution in [2.45, 2.75) is 26.0 Å². The maximum absolute atomic E-state index is 12.8. The van der Waals surface area contributed by atoms with Crippen LogP contribution in [0.1, 0.15) is 29.8 Å². The van der Waals surface area contributed by atoms with E-state index in [1.54, 1.807) is 24.3 Å². The number of carbonyl (C=O) groups is 2. The number of amides is 2. The summed E-state index contributed by atoms with van der Waals surface area (Å²) in [7, 11) is 0. The topological polar surface area (TPSA) is 67.9 Å². The quantitative estimate of drug-likeness (QED) is 0.894. The second kappa shape index (κ2) is 8.22. The van der Waals surface area contributed by atoms with Gasteiger partial charge in [-0.3, -0.25) is 10.1 Å². The molecule has 0 aromatic heterocycles. The summed E-state index contributed by atoms with van der Waals surface area (Å²) in [5, 5.41) is 2.67. The third-order valence-electron chi connectivity index (χ3n) is 4.48. The lowest BCUT2D eigenvalue weighted by Gasteiger charge is -2.42. The molecule has 2 amide bonds. The van der Waals surface area contributed by atoms with Gasteiger partial charge in [-0.15, -0.1) is 0 Å². The predicted molar refractivity (Wildman–Crippen MR) is 103 cm³/mol. The van der Waals surface area contributed by atoms with Crippen LogP contribution in [0.25, 0.3) is 0 Å². The van der Waals surface area contributed by atoms with Gasteiger partial charge in [0.1, 0.15) is 6.61 Å². The number of rotatable bonds is 4. The summed E-state index contributed by atoms with van der Waals surface area (Å²) in [6, 6.07) is 16.3. The first-order valence-electron chi connectivity index (χ1n) is 8.93. The van der Waals surface area contributed by atoms with Crippen molar-refractivity contribution in [3.63, 3.8) is 0 Å². The van der Waals surface area contributed by atoms with Gasteiger partial charge in [-0.2, -0.15) is 0 Å². The molecule has 0 bridgehead atoms. The van der Waals surface area contributed by atoms with Crippen LogP contribution in [-0.2, 0) is 16.1 Å². The van der Waals surface area contributed by atoms with Crippen molar-refractivity contribution in [1.29, 1.82) is 0 Å². The molecule has 1 heterocycles. The van der Waals surface area contributed by atoms with E-state index in [0.717, 1.165) is 5.56 Å². The standard InChI is InChI=1S/C21H24N2O4/c1-21(2)15-26-13-12-23(21)19(24)17-8-10-18(11-9-17)22-20(25)27-14-16-6-4-3-5-7-16/h3-11H,12-15H2,1-2H3,(H,22,25). The molecule has 1 saturated heterocycles. The van der Waals surface area contributed by atoms with E-state index in [9.17, 15) is 9.59 Å². The van der Waals surface area contributed by atoms with Crippen LogP contribution in [0.2, 0.25) is 0 Å². The first-order valence-corrected chi connectivity index (χ1v) is 8.93. The Bertz CT molecular complexity index is 788. The average molecular weight is 368 g/mol. The lowest BCUT2D eigenvalue weighted by atomic mass is 10.0. The summed E-state index contributed by atoms with van der Waals surface area (Å²) >= 11 is 0. The van der Waals surface area contributed by atoms with Crippen molar-refractivity contribution in [1.82, 2.24) is 4.90 Å². The van der Waals surface area contributed by atoms with Gasteiger partial charge >= 0.3 is 6.09 Å². The van der Waals surface area contributed by atoms with Crippen molar-refractivity contribution in [3.8, 4) is 0 Å². The number of hydrogen-bond donors (Lipinski definition) is 1. The molecule has 3 rings (SSSR count). The highest BCUT2D eigenvalue weighted by Crippen LogP contribution is 2.22. The van der Waals surface area contributed by atoms with Crippen LogP contribution in [0.5, 0.6) is 0 Å². The maximum atomic E-state index is 12.8. The summed E-state index contributed by atoms with van der Waals surface area (Å²) in [6.07, 6.45) is -0.535. The molecule has 1 aliphatic heterocycles. The van der Waals surface area contributed by atoms with Gasteiger partial charge < -0.3 is 14.4 Å². The van der Waals surface area contributed by atoms with Gasteiger partial charge in [-0.25, -0.2) is 4.79 Å². The van der Waals surface area contributed by atoms with E-state index in [4.69, 9.17) is 9.47 Å². The lowest BCUT2D eigenvalue weighted by molar-refractivity contribution is -0.0370. The number of hydrogen-bond acceptors (Lipinski definition) is 4. The maximum Gasteiger partial charge on any atom is 0.411 e. The molecular formula is C21H24N2O4. The predicted octanol–water partition coefficient (Wildman–Crippen LogP) is 3.69. The fourth-order valence-electron chi connectivity index (χ4n) is 2.96. The molecule has 2 aromatic carbocycles. The van der Waals surface area contributed by atoms with E-state index in [1.807, 2.05) is 49.1 Å². The summed E-state index contributed by atoms with van der Waals surface area (Å²) in [4.78, 5) is 26.5. The number of morpholine rings is 1. The Hall–Kier alpha value is -2.86. The molecule has 0 atom stereocenters. The number of anilines is 1. The van der Waals surface area contributed by atoms with E-state index < -0.39 is 6.09 Å². The number of nitrogens with one attached hydrogen (secondary N) is 1.